The summed E-state index contributed by atoms with van der Waals surface area (Å²) in [5.74, 6) is -0.644. The Hall–Kier alpha value is -3.75. The van der Waals surface area contributed by atoms with Crippen LogP contribution in [0.3, 0.4) is 0 Å². The van der Waals surface area contributed by atoms with Crippen molar-refractivity contribution in [2.24, 2.45) is 5.73 Å². The van der Waals surface area contributed by atoms with Crippen LogP contribution in [-0.4, -0.2) is 59.6 Å². The predicted octanol–water partition coefficient (Wildman–Crippen LogP) is 7.47. The average Bonchev–Trinajstić information content (AvgIpc) is 3.45. The zero-order valence-electron chi connectivity index (χ0n) is 26.3. The maximum Gasteiger partial charge on any atom is 0.406 e. The molecule has 1 saturated heterocycles. The molecule has 0 unspecified atom stereocenters. The molecule has 19 heteroatoms. The van der Waals surface area contributed by atoms with Gasteiger partial charge < -0.3 is 25.3 Å². The van der Waals surface area contributed by atoms with Crippen LogP contribution in [0.5, 0.6) is 5.75 Å². The summed E-state index contributed by atoms with van der Waals surface area (Å²) in [6, 6.07) is 7.94. The number of hydrogen-bond acceptors (Lipinski definition) is 7. The molecule has 3 aromatic rings. The lowest BCUT2D eigenvalue weighted by molar-refractivity contribution is -0.140. The highest BCUT2D eigenvalue weighted by Crippen LogP contribution is 2.44. The number of pyridine rings is 1. The van der Waals surface area contributed by atoms with Gasteiger partial charge in [-0.15, -0.1) is 0 Å². The number of urea groups is 1. The molecule has 1 aromatic heterocycles. The van der Waals surface area contributed by atoms with Crippen molar-refractivity contribution in [3.8, 4) is 11.8 Å². The van der Waals surface area contributed by atoms with E-state index in [1.807, 2.05) is 4.98 Å². The molecule has 0 bridgehead atoms. The van der Waals surface area contributed by atoms with E-state index in [0.717, 1.165) is 6.07 Å². The lowest BCUT2D eigenvalue weighted by Crippen LogP contribution is -2.52. The minimum atomic E-state index is -4.59. The molecule has 2 aliphatic heterocycles. The quantitative estimate of drug-likeness (QED) is 0.179. The van der Waals surface area contributed by atoms with E-state index in [0.29, 0.717) is 33.4 Å². The summed E-state index contributed by atoms with van der Waals surface area (Å²) in [4.78, 5) is 45.3. The fourth-order valence-electron chi connectivity index (χ4n) is 5.37. The molecule has 268 valence electrons. The van der Waals surface area contributed by atoms with Crippen LogP contribution in [0.25, 0.3) is 0 Å². The number of methoxy groups -OCH3 is 1. The van der Waals surface area contributed by atoms with Crippen molar-refractivity contribution in [2.75, 3.05) is 31.6 Å². The van der Waals surface area contributed by atoms with Crippen LogP contribution in [0.4, 0.5) is 32.4 Å². The van der Waals surface area contributed by atoms with Crippen molar-refractivity contribution in [1.29, 1.82) is 5.26 Å². The molecule has 50 heavy (non-hydrogen) atoms. The number of nitrogens with one attached hydrogen (secondary N) is 1. The summed E-state index contributed by atoms with van der Waals surface area (Å²) in [5.41, 5.74) is 4.95. The zero-order chi connectivity index (χ0) is 37.1. The second-order valence-corrected chi connectivity index (χ2v) is 13.2. The van der Waals surface area contributed by atoms with Crippen LogP contribution in [0, 0.1) is 11.3 Å². The number of nitrogens with two attached hydrogens (primary N) is 1. The Kier molecular flexibility index (Phi) is 12.2. The van der Waals surface area contributed by atoms with Gasteiger partial charge in [-0.25, -0.2) is 4.79 Å². The molecule has 10 nitrogen and oxygen atoms in total. The molecule has 0 aliphatic carbocycles. The van der Waals surface area contributed by atoms with Crippen molar-refractivity contribution in [2.45, 2.75) is 54.3 Å². The van der Waals surface area contributed by atoms with Gasteiger partial charge in [0.15, 0.2) is 0 Å². The third-order valence-electron chi connectivity index (χ3n) is 7.56. The Morgan fingerprint density at radius 3 is 2.32 bits per heavy atom. The van der Waals surface area contributed by atoms with Gasteiger partial charge in [0, 0.05) is 49.4 Å². The first-order valence-corrected chi connectivity index (χ1v) is 16.5. The van der Waals surface area contributed by atoms with E-state index in [1.54, 1.807) is 24.3 Å². The molecular formula is C31H28Cl3F5N6O4S. The molecule has 3 N–H and O–H groups in total. The molecule has 2 aromatic carbocycles. The van der Waals surface area contributed by atoms with E-state index >= 15 is 0 Å². The number of anilines is 1. The second kappa shape index (κ2) is 15.6. The van der Waals surface area contributed by atoms with Gasteiger partial charge in [-0.2, -0.15) is 27.2 Å². The minimum Gasteiger partial charge on any atom is -0.495 e. The maximum atomic E-state index is 14.2. The van der Waals surface area contributed by atoms with Gasteiger partial charge in [-0.1, -0.05) is 41.0 Å². The number of carbonyl (C=O) groups excluding carboxylic acids is 2. The number of fused-ring (bicyclic) bond motifs is 1. The predicted molar refractivity (Wildman–Crippen MR) is 178 cm³/mol. The van der Waals surface area contributed by atoms with Crippen molar-refractivity contribution in [1.82, 2.24) is 14.8 Å². The first-order valence-electron chi connectivity index (χ1n) is 14.6. The van der Waals surface area contributed by atoms with Crippen LogP contribution in [0.1, 0.15) is 46.1 Å². The number of amides is 3. The fraction of sp³-hybridized carbons (Fsp3) is 0.355. The third kappa shape index (κ3) is 8.57. The molecule has 0 radical (unpaired) electrons. The fourth-order valence-corrected chi connectivity index (χ4v) is 7.21. The van der Waals surface area contributed by atoms with E-state index in [4.69, 9.17) is 50.5 Å². The molecular weight excluding hydrogens is 754 g/mol. The molecule has 0 spiro atoms. The monoisotopic (exact) mass is 780 g/mol. The first kappa shape index (κ1) is 39.0. The Labute approximate surface area is 301 Å². The number of aromatic amines is 1. The largest absolute Gasteiger partial charge is 0.495 e. The number of halogens is 8. The summed E-state index contributed by atoms with van der Waals surface area (Å²) in [6.07, 6.45) is -4.31. The summed E-state index contributed by atoms with van der Waals surface area (Å²) >= 11 is 18.8. The maximum absolute atomic E-state index is 14.2. The molecule has 1 fully saturated rings. The third-order valence-corrected chi connectivity index (χ3v) is 9.90. The van der Waals surface area contributed by atoms with Gasteiger partial charge in [-0.05, 0) is 59.0 Å². The Balaban J connectivity index is 0.00000181. The van der Waals surface area contributed by atoms with Crippen molar-refractivity contribution >= 4 is 64.2 Å². The van der Waals surface area contributed by atoms with Gasteiger partial charge in [0.05, 0.1) is 28.9 Å². The molecule has 5 rings (SSSR count). The number of hydrogen-bond donors (Lipinski definition) is 2. The molecule has 3 heterocycles. The highest BCUT2D eigenvalue weighted by molar-refractivity contribution is 7.99. The van der Waals surface area contributed by atoms with Crippen LogP contribution < -0.4 is 20.9 Å². The van der Waals surface area contributed by atoms with Gasteiger partial charge in [-0.3, -0.25) is 14.5 Å². The number of alkyl halides is 6. The van der Waals surface area contributed by atoms with Gasteiger partial charge >= 0.3 is 17.6 Å². The smallest absolute Gasteiger partial charge is 0.406 e. The van der Waals surface area contributed by atoms with Crippen LogP contribution in [0.15, 0.2) is 44.9 Å². The van der Waals surface area contributed by atoms with E-state index in [1.165, 1.54) is 29.9 Å². The summed E-state index contributed by atoms with van der Waals surface area (Å²) < 4.78 is 73.1. The number of aromatic nitrogens is 1. The van der Waals surface area contributed by atoms with E-state index in [2.05, 4.69) is 0 Å². The van der Waals surface area contributed by atoms with Crippen molar-refractivity contribution < 1.29 is 36.3 Å². The number of ether oxygens (including phenoxy) is 1. The number of benzene rings is 2. The number of carbonyl (C=O) groups is 2. The molecule has 0 atom stereocenters. The lowest BCUT2D eigenvalue weighted by Gasteiger charge is -2.36. The van der Waals surface area contributed by atoms with Gasteiger partial charge in [0.2, 0.25) is 0 Å². The Morgan fingerprint density at radius 1 is 1.10 bits per heavy atom. The summed E-state index contributed by atoms with van der Waals surface area (Å²) in [6.45, 7) is -0.0129. The van der Waals surface area contributed by atoms with Crippen molar-refractivity contribution in [3.63, 3.8) is 0 Å². The van der Waals surface area contributed by atoms with Crippen molar-refractivity contribution in [3.05, 3.63) is 78.7 Å². The van der Waals surface area contributed by atoms with Crippen LogP contribution in [0.2, 0.25) is 10.0 Å². The highest BCUT2D eigenvalue weighted by Gasteiger charge is 2.39. The molecule has 2 aliphatic rings. The lowest BCUT2D eigenvalue weighted by atomic mass is 10.1. The number of rotatable bonds is 8. The second-order valence-electron chi connectivity index (χ2n) is 10.9. The zero-order valence-corrected chi connectivity index (χ0v) is 29.4. The summed E-state index contributed by atoms with van der Waals surface area (Å²) in [5, 5.41) is 3.56. The van der Waals surface area contributed by atoms with E-state index in [9.17, 15) is 36.3 Å². The SMILES string of the molecule is CC#N.COc1cc2c(cc1N1CCCN(CC(F)(F)F)C1=O)CN(C(=O)c1c(Sc3c(Cl)ccc(CN)c3Cl)cc(C(F)(F)Cl)[nH]c1=O)C2. The normalized spacial score (nSPS) is 14.6. The van der Waals surface area contributed by atoms with E-state index in [-0.39, 0.29) is 70.4 Å². The number of H-pyrrole nitrogens is 1. The molecule has 0 saturated carbocycles. The van der Waals surface area contributed by atoms with Gasteiger partial charge in [0.1, 0.15) is 23.6 Å². The number of nitriles is 1. The first-order chi connectivity index (χ1) is 23.4. The molecule has 3 amide bonds. The van der Waals surface area contributed by atoms with Crippen LogP contribution >= 0.6 is 46.6 Å². The van der Waals surface area contributed by atoms with Crippen LogP contribution in [-0.2, 0) is 25.0 Å². The standard InChI is InChI=1S/C29H25Cl3F5N5O4S.C2H3N/c1-46-19-8-16-12-41(11-15(16)7-18(19)42-6-2-5-40(27(42)45)13-28(33,34)35)26(44)22-20(9-21(29(32,36)37)39-25(22)43)47-24-17(30)4-3-14(10-38)23(24)31;1-2-3/h3-4,7-9H,2,5-6,10-13,38H2,1H3,(H,39,43);1H3. The van der Waals surface area contributed by atoms with Gasteiger partial charge in [0.25, 0.3) is 11.5 Å². The average molecular weight is 782 g/mol. The minimum absolute atomic E-state index is 0.0244. The summed E-state index contributed by atoms with van der Waals surface area (Å²) in [7, 11) is 1.33. The van der Waals surface area contributed by atoms with E-state index < -0.39 is 46.9 Å². The Bertz CT molecular complexity index is 1900. The topological polar surface area (TPSA) is 136 Å². The number of nitrogens with zero attached hydrogens (tertiary/aromatic N) is 4. The Morgan fingerprint density at radius 2 is 1.74 bits per heavy atom. The highest BCUT2D eigenvalue weighted by atomic mass is 35.5.